The first-order chi connectivity index (χ1) is 8.20. The largest absolute Gasteiger partial charge is 0.383 e. The minimum atomic E-state index is 0.254. The molecule has 0 aliphatic rings. The smallest absolute Gasteiger partial charge is 0.200 e. The molecule has 2 heterocycles. The summed E-state index contributed by atoms with van der Waals surface area (Å²) in [5.41, 5.74) is 0.634. The van der Waals surface area contributed by atoms with Crippen LogP contribution in [-0.4, -0.2) is 57.4 Å². The highest BCUT2D eigenvalue weighted by Gasteiger charge is 2.10. The van der Waals surface area contributed by atoms with Crippen LogP contribution < -0.4 is 4.90 Å². The van der Waals surface area contributed by atoms with E-state index in [4.69, 9.17) is 4.74 Å². The molecule has 0 saturated carbocycles. The summed E-state index contributed by atoms with van der Waals surface area (Å²) in [6.45, 7) is 1.44. The van der Waals surface area contributed by atoms with E-state index in [0.29, 0.717) is 12.3 Å². The van der Waals surface area contributed by atoms with Gasteiger partial charge < -0.3 is 9.64 Å². The molecule has 0 radical (unpaired) electrons. The number of halogens is 1. The van der Waals surface area contributed by atoms with Crippen molar-refractivity contribution in [3.05, 3.63) is 12.1 Å². The molecule has 2 aromatic rings. The Bertz CT molecular complexity index is 489. The van der Waals surface area contributed by atoms with Gasteiger partial charge in [-0.05, 0) is 22.6 Å². The molecule has 0 saturated heterocycles. The number of tetrazole rings is 1. The van der Waals surface area contributed by atoms with Crippen LogP contribution in [0, 0.1) is 0 Å². The molecule has 8 heteroatoms. The van der Waals surface area contributed by atoms with Crippen molar-refractivity contribution in [3.63, 3.8) is 0 Å². The van der Waals surface area contributed by atoms with E-state index in [1.165, 1.54) is 4.63 Å². The number of ether oxygens (including phenoxy) is 1. The number of fused-ring (bicyclic) bond motifs is 1. The van der Waals surface area contributed by atoms with E-state index in [0.717, 1.165) is 12.4 Å². The van der Waals surface area contributed by atoms with Crippen LogP contribution in [0.5, 0.6) is 0 Å². The standard InChI is InChI=1S/C9H13BrN6O/c1-15(5-7(10)6-17-2)9-4-3-8-11-13-14-16(8)12-9/h3-4,7H,5-6H2,1-2H3. The first kappa shape index (κ1) is 12.2. The zero-order chi connectivity index (χ0) is 12.3. The zero-order valence-corrected chi connectivity index (χ0v) is 11.2. The zero-order valence-electron chi connectivity index (χ0n) is 9.62. The molecular weight excluding hydrogens is 288 g/mol. The summed E-state index contributed by atoms with van der Waals surface area (Å²) in [5.74, 6) is 0.811. The topological polar surface area (TPSA) is 68.4 Å². The van der Waals surface area contributed by atoms with Crippen LogP contribution in [0.25, 0.3) is 5.65 Å². The van der Waals surface area contributed by atoms with Crippen molar-refractivity contribution in [3.8, 4) is 0 Å². The summed E-state index contributed by atoms with van der Waals surface area (Å²) in [6, 6.07) is 3.72. The van der Waals surface area contributed by atoms with Gasteiger partial charge in [-0.2, -0.15) is 0 Å². The fourth-order valence-electron chi connectivity index (χ4n) is 1.47. The average Bonchev–Trinajstić information content (AvgIpc) is 2.75. The van der Waals surface area contributed by atoms with E-state index >= 15 is 0 Å². The normalized spacial score (nSPS) is 12.9. The molecule has 0 aliphatic heterocycles. The molecule has 7 nitrogen and oxygen atoms in total. The molecule has 1 atom stereocenters. The van der Waals surface area contributed by atoms with Crippen LogP contribution >= 0.6 is 15.9 Å². The Morgan fingerprint density at radius 1 is 1.53 bits per heavy atom. The van der Waals surface area contributed by atoms with E-state index in [1.54, 1.807) is 7.11 Å². The highest BCUT2D eigenvalue weighted by molar-refractivity contribution is 9.09. The van der Waals surface area contributed by atoms with Gasteiger partial charge >= 0.3 is 0 Å². The Hall–Kier alpha value is -1.28. The summed E-state index contributed by atoms with van der Waals surface area (Å²) >= 11 is 3.54. The lowest BCUT2D eigenvalue weighted by Gasteiger charge is -2.20. The maximum atomic E-state index is 5.07. The van der Waals surface area contributed by atoms with E-state index in [9.17, 15) is 0 Å². The van der Waals surface area contributed by atoms with Crippen LogP contribution in [0.4, 0.5) is 5.82 Å². The van der Waals surface area contributed by atoms with Crippen LogP contribution in [-0.2, 0) is 4.74 Å². The van der Waals surface area contributed by atoms with Crippen molar-refractivity contribution in [1.82, 2.24) is 25.3 Å². The number of rotatable bonds is 5. The lowest BCUT2D eigenvalue weighted by molar-refractivity contribution is 0.201. The molecule has 0 N–H and O–H groups in total. The molecular formula is C9H13BrN6O. The molecule has 92 valence electrons. The highest BCUT2D eigenvalue weighted by atomic mass is 79.9. The quantitative estimate of drug-likeness (QED) is 0.743. The minimum Gasteiger partial charge on any atom is -0.383 e. The first-order valence-electron chi connectivity index (χ1n) is 5.10. The van der Waals surface area contributed by atoms with Crippen molar-refractivity contribution in [1.29, 1.82) is 0 Å². The minimum absolute atomic E-state index is 0.254. The molecule has 0 fully saturated rings. The number of nitrogens with zero attached hydrogens (tertiary/aromatic N) is 6. The fraction of sp³-hybridized carbons (Fsp3) is 0.556. The molecule has 0 spiro atoms. The number of hydrogen-bond acceptors (Lipinski definition) is 6. The number of hydrogen-bond donors (Lipinski definition) is 0. The van der Waals surface area contributed by atoms with Gasteiger partial charge in [0.05, 0.1) is 11.4 Å². The van der Waals surface area contributed by atoms with E-state index < -0.39 is 0 Å². The summed E-state index contributed by atoms with van der Waals surface area (Å²) in [6.07, 6.45) is 0. The second-order valence-electron chi connectivity index (χ2n) is 3.65. The van der Waals surface area contributed by atoms with Gasteiger partial charge in [-0.15, -0.1) is 14.8 Å². The van der Waals surface area contributed by atoms with Crippen molar-refractivity contribution in [2.45, 2.75) is 4.83 Å². The lowest BCUT2D eigenvalue weighted by Crippen LogP contribution is -2.29. The number of alkyl halides is 1. The van der Waals surface area contributed by atoms with Crippen LogP contribution in [0.1, 0.15) is 0 Å². The Labute approximate surface area is 107 Å². The third-order valence-electron chi connectivity index (χ3n) is 2.27. The summed E-state index contributed by atoms with van der Waals surface area (Å²) in [5, 5.41) is 15.4. The number of methoxy groups -OCH3 is 1. The maximum absolute atomic E-state index is 5.07. The summed E-state index contributed by atoms with van der Waals surface area (Å²) in [4.78, 5) is 2.27. The molecule has 2 rings (SSSR count). The average molecular weight is 301 g/mol. The van der Waals surface area contributed by atoms with Gasteiger partial charge in [0.15, 0.2) is 11.5 Å². The highest BCUT2D eigenvalue weighted by Crippen LogP contribution is 2.11. The second-order valence-corrected chi connectivity index (χ2v) is 4.95. The van der Waals surface area contributed by atoms with Gasteiger partial charge in [-0.25, -0.2) is 0 Å². The van der Waals surface area contributed by atoms with Gasteiger partial charge in [0, 0.05) is 20.7 Å². The molecule has 1 unspecified atom stereocenters. The van der Waals surface area contributed by atoms with E-state index in [1.807, 2.05) is 24.1 Å². The molecule has 0 bridgehead atoms. The van der Waals surface area contributed by atoms with E-state index in [-0.39, 0.29) is 4.83 Å². The first-order valence-corrected chi connectivity index (χ1v) is 6.02. The van der Waals surface area contributed by atoms with Gasteiger partial charge in [0.25, 0.3) is 0 Å². The van der Waals surface area contributed by atoms with Gasteiger partial charge in [0.1, 0.15) is 0 Å². The van der Waals surface area contributed by atoms with Crippen molar-refractivity contribution in [2.75, 3.05) is 32.2 Å². The number of anilines is 1. The van der Waals surface area contributed by atoms with Crippen LogP contribution in [0.2, 0.25) is 0 Å². The predicted octanol–water partition coefficient (Wildman–Crippen LogP) is 0.365. The van der Waals surface area contributed by atoms with Crippen LogP contribution in [0.15, 0.2) is 12.1 Å². The molecule has 0 aromatic carbocycles. The molecule has 17 heavy (non-hydrogen) atoms. The summed E-state index contributed by atoms with van der Waals surface area (Å²) in [7, 11) is 3.64. The van der Waals surface area contributed by atoms with E-state index in [2.05, 4.69) is 36.6 Å². The fourth-order valence-corrected chi connectivity index (χ4v) is 2.17. The van der Waals surface area contributed by atoms with Gasteiger partial charge in [-0.3, -0.25) is 0 Å². The maximum Gasteiger partial charge on any atom is 0.200 e. The van der Waals surface area contributed by atoms with Gasteiger partial charge in [0.2, 0.25) is 0 Å². The third-order valence-corrected chi connectivity index (χ3v) is 2.82. The Kier molecular flexibility index (Phi) is 3.85. The second kappa shape index (κ2) is 5.37. The van der Waals surface area contributed by atoms with Crippen molar-refractivity contribution < 1.29 is 4.74 Å². The Morgan fingerprint density at radius 2 is 2.35 bits per heavy atom. The third kappa shape index (κ3) is 2.89. The number of aromatic nitrogens is 5. The summed E-state index contributed by atoms with van der Waals surface area (Å²) < 4.78 is 6.47. The van der Waals surface area contributed by atoms with Crippen molar-refractivity contribution >= 4 is 27.4 Å². The lowest BCUT2D eigenvalue weighted by atomic mass is 10.4. The van der Waals surface area contributed by atoms with Crippen molar-refractivity contribution in [2.24, 2.45) is 0 Å². The SMILES string of the molecule is COCC(Br)CN(C)c1ccc2nnnn2n1. The molecule has 0 aliphatic carbocycles. The monoisotopic (exact) mass is 300 g/mol. The Morgan fingerprint density at radius 3 is 3.12 bits per heavy atom. The van der Waals surface area contributed by atoms with Crippen LogP contribution in [0.3, 0.4) is 0 Å². The molecule has 0 amide bonds. The predicted molar refractivity (Wildman–Crippen MR) is 66.4 cm³/mol. The Balaban J connectivity index is 2.09. The molecule has 2 aromatic heterocycles. The van der Waals surface area contributed by atoms with Gasteiger partial charge in [-0.1, -0.05) is 15.9 Å².